The Balaban J connectivity index is 1.90. The molecular formula is C16H20FN3O4S. The number of ether oxygens (including phenoxy) is 2. The Morgan fingerprint density at radius 2 is 2.12 bits per heavy atom. The average Bonchev–Trinajstić information content (AvgIpc) is 3.05. The number of benzene rings is 1. The Morgan fingerprint density at radius 1 is 1.36 bits per heavy atom. The third-order valence-corrected chi connectivity index (χ3v) is 4.10. The predicted molar refractivity (Wildman–Crippen MR) is 89.9 cm³/mol. The molecule has 7 nitrogen and oxygen atoms in total. The highest BCUT2D eigenvalue weighted by Gasteiger charge is 2.21. The van der Waals surface area contributed by atoms with E-state index in [0.29, 0.717) is 13.2 Å². The van der Waals surface area contributed by atoms with E-state index in [-0.39, 0.29) is 22.8 Å². The summed E-state index contributed by atoms with van der Waals surface area (Å²) in [5, 5.41) is 10.3. The lowest BCUT2D eigenvalue weighted by molar-refractivity contribution is -0.120. The van der Waals surface area contributed by atoms with E-state index in [4.69, 9.17) is 13.9 Å². The van der Waals surface area contributed by atoms with Gasteiger partial charge in [-0.3, -0.25) is 4.79 Å². The number of aromatic nitrogens is 2. The van der Waals surface area contributed by atoms with E-state index in [1.54, 1.807) is 33.1 Å². The minimum Gasteiger partial charge on any atom is -0.478 e. The van der Waals surface area contributed by atoms with Gasteiger partial charge in [0.15, 0.2) is 17.7 Å². The normalized spacial score (nSPS) is 13.3. The van der Waals surface area contributed by atoms with Crippen molar-refractivity contribution < 1.29 is 23.1 Å². The highest BCUT2D eigenvalue weighted by molar-refractivity contribution is 8.00. The lowest BCUT2D eigenvalue weighted by Crippen LogP contribution is -2.33. The molecule has 1 heterocycles. The van der Waals surface area contributed by atoms with E-state index in [2.05, 4.69) is 15.5 Å². The number of carbonyl (C=O) groups is 1. The van der Waals surface area contributed by atoms with Gasteiger partial charge >= 0.3 is 0 Å². The molecule has 0 unspecified atom stereocenters. The molecular weight excluding hydrogens is 349 g/mol. The number of hydrogen-bond donors (Lipinski definition) is 1. The third-order valence-electron chi connectivity index (χ3n) is 3.16. The highest BCUT2D eigenvalue weighted by Crippen LogP contribution is 2.27. The van der Waals surface area contributed by atoms with E-state index in [1.807, 2.05) is 0 Å². The topological polar surface area (TPSA) is 86.5 Å². The van der Waals surface area contributed by atoms with Gasteiger partial charge in [0, 0.05) is 13.7 Å². The molecule has 0 saturated heterocycles. The molecule has 0 aliphatic rings. The zero-order valence-corrected chi connectivity index (χ0v) is 15.0. The maximum absolute atomic E-state index is 13.6. The number of carbonyl (C=O) groups excluding carboxylic acids is 1. The Labute approximate surface area is 149 Å². The van der Waals surface area contributed by atoms with Gasteiger partial charge in [-0.1, -0.05) is 23.9 Å². The number of nitrogens with zero attached hydrogens (tertiary/aromatic N) is 2. The summed E-state index contributed by atoms with van der Waals surface area (Å²) in [5.41, 5.74) is 0. The molecule has 0 aliphatic carbocycles. The van der Waals surface area contributed by atoms with Crippen molar-refractivity contribution in [3.63, 3.8) is 0 Å². The van der Waals surface area contributed by atoms with Crippen LogP contribution in [0.4, 0.5) is 4.39 Å². The van der Waals surface area contributed by atoms with E-state index >= 15 is 0 Å². The largest absolute Gasteiger partial charge is 0.478 e. The second-order valence-electron chi connectivity index (χ2n) is 5.14. The summed E-state index contributed by atoms with van der Waals surface area (Å²) < 4.78 is 29.5. The number of hydrogen-bond acceptors (Lipinski definition) is 7. The van der Waals surface area contributed by atoms with Crippen LogP contribution in [0.15, 0.2) is 33.9 Å². The fourth-order valence-corrected chi connectivity index (χ4v) is 2.55. The van der Waals surface area contributed by atoms with Crippen LogP contribution < -0.4 is 10.1 Å². The molecule has 25 heavy (non-hydrogen) atoms. The van der Waals surface area contributed by atoms with Crippen molar-refractivity contribution in [2.75, 3.05) is 20.3 Å². The smallest absolute Gasteiger partial charge is 0.277 e. The van der Waals surface area contributed by atoms with Crippen molar-refractivity contribution >= 4 is 17.7 Å². The number of para-hydroxylation sites is 1. The van der Waals surface area contributed by atoms with Crippen LogP contribution in [-0.4, -0.2) is 41.6 Å². The van der Waals surface area contributed by atoms with Crippen molar-refractivity contribution in [3.8, 4) is 5.75 Å². The van der Waals surface area contributed by atoms with Crippen LogP contribution in [0.5, 0.6) is 5.75 Å². The minimum absolute atomic E-state index is 0.105. The SMILES string of the molecule is COCCNC(=O)[C@H](C)Sc1nnc([C@@H](C)Oc2ccccc2F)o1. The van der Waals surface area contributed by atoms with Gasteiger partial charge in [-0.05, 0) is 26.0 Å². The number of thioether (sulfide) groups is 1. The Bertz CT molecular complexity index is 698. The molecule has 1 amide bonds. The summed E-state index contributed by atoms with van der Waals surface area (Å²) in [7, 11) is 1.56. The maximum atomic E-state index is 13.6. The summed E-state index contributed by atoms with van der Waals surface area (Å²) in [5.74, 6) is -0.312. The number of methoxy groups -OCH3 is 1. The van der Waals surface area contributed by atoms with Crippen LogP contribution in [0.1, 0.15) is 25.8 Å². The number of amides is 1. The van der Waals surface area contributed by atoms with Crippen molar-refractivity contribution in [3.05, 3.63) is 36.0 Å². The van der Waals surface area contributed by atoms with Crippen LogP contribution in [-0.2, 0) is 9.53 Å². The van der Waals surface area contributed by atoms with Crippen LogP contribution in [0.3, 0.4) is 0 Å². The molecule has 2 atom stereocenters. The summed E-state index contributed by atoms with van der Waals surface area (Å²) in [6, 6.07) is 6.07. The predicted octanol–water partition coefficient (Wildman–Crippen LogP) is 2.59. The van der Waals surface area contributed by atoms with E-state index in [0.717, 1.165) is 11.8 Å². The zero-order chi connectivity index (χ0) is 18.2. The van der Waals surface area contributed by atoms with Crippen molar-refractivity contribution in [2.24, 2.45) is 0 Å². The fraction of sp³-hybridized carbons (Fsp3) is 0.438. The molecule has 0 aliphatic heterocycles. The van der Waals surface area contributed by atoms with E-state index in [1.165, 1.54) is 12.1 Å². The first-order valence-corrected chi connectivity index (χ1v) is 8.57. The fourth-order valence-electron chi connectivity index (χ4n) is 1.84. The molecule has 136 valence electrons. The molecule has 9 heteroatoms. The van der Waals surface area contributed by atoms with E-state index < -0.39 is 17.2 Å². The molecule has 0 fully saturated rings. The second-order valence-corrected chi connectivity index (χ2v) is 6.43. The van der Waals surface area contributed by atoms with Crippen molar-refractivity contribution in [2.45, 2.75) is 30.4 Å². The van der Waals surface area contributed by atoms with E-state index in [9.17, 15) is 9.18 Å². The Morgan fingerprint density at radius 3 is 2.84 bits per heavy atom. The summed E-state index contributed by atoms with van der Waals surface area (Å²) in [6.07, 6.45) is -0.621. The summed E-state index contributed by atoms with van der Waals surface area (Å²) in [4.78, 5) is 11.9. The molecule has 2 aromatic rings. The highest BCUT2D eigenvalue weighted by atomic mass is 32.2. The molecule has 0 radical (unpaired) electrons. The number of nitrogens with one attached hydrogen (secondary N) is 1. The molecule has 0 bridgehead atoms. The van der Waals surface area contributed by atoms with Crippen LogP contribution in [0, 0.1) is 5.82 Å². The van der Waals surface area contributed by atoms with Crippen molar-refractivity contribution in [1.82, 2.24) is 15.5 Å². The first kappa shape index (κ1) is 19.2. The molecule has 2 rings (SSSR count). The van der Waals surface area contributed by atoms with Gasteiger partial charge in [0.05, 0.1) is 11.9 Å². The van der Waals surface area contributed by atoms with Gasteiger partial charge in [0.2, 0.25) is 5.91 Å². The van der Waals surface area contributed by atoms with Gasteiger partial charge in [-0.15, -0.1) is 10.2 Å². The lowest BCUT2D eigenvalue weighted by atomic mass is 10.3. The van der Waals surface area contributed by atoms with Gasteiger partial charge in [0.1, 0.15) is 0 Å². The quantitative estimate of drug-likeness (QED) is 0.537. The monoisotopic (exact) mass is 369 g/mol. The summed E-state index contributed by atoms with van der Waals surface area (Å²) >= 11 is 1.13. The number of halogens is 1. The molecule has 0 saturated carbocycles. The zero-order valence-electron chi connectivity index (χ0n) is 14.2. The second kappa shape index (κ2) is 9.38. The molecule has 1 aromatic heterocycles. The van der Waals surface area contributed by atoms with Crippen LogP contribution >= 0.6 is 11.8 Å². The maximum Gasteiger partial charge on any atom is 0.277 e. The first-order chi connectivity index (χ1) is 12.0. The van der Waals surface area contributed by atoms with Gasteiger partial charge in [-0.2, -0.15) is 0 Å². The first-order valence-electron chi connectivity index (χ1n) is 7.69. The Hall–Kier alpha value is -2.13. The van der Waals surface area contributed by atoms with Crippen molar-refractivity contribution in [1.29, 1.82) is 0 Å². The van der Waals surface area contributed by atoms with Crippen LogP contribution in [0.2, 0.25) is 0 Å². The average molecular weight is 369 g/mol. The molecule has 0 spiro atoms. The third kappa shape index (κ3) is 5.71. The molecule has 1 N–H and O–H groups in total. The van der Waals surface area contributed by atoms with Gasteiger partial charge < -0.3 is 19.2 Å². The van der Waals surface area contributed by atoms with Gasteiger partial charge in [-0.25, -0.2) is 4.39 Å². The number of rotatable bonds is 9. The van der Waals surface area contributed by atoms with Gasteiger partial charge in [0.25, 0.3) is 11.1 Å². The molecule has 1 aromatic carbocycles. The lowest BCUT2D eigenvalue weighted by Gasteiger charge is -2.11. The standard InChI is InChI=1S/C16H20FN3O4S/c1-10(23-13-7-5-4-6-12(13)17)15-19-20-16(24-15)25-11(2)14(21)18-8-9-22-3/h4-7,10-11H,8-9H2,1-3H3,(H,18,21)/t10-,11+/m1/s1. The summed E-state index contributed by atoms with van der Waals surface area (Å²) in [6.45, 7) is 4.28. The van der Waals surface area contributed by atoms with Crippen LogP contribution in [0.25, 0.3) is 0 Å². The Kier molecular flexibility index (Phi) is 7.20. The minimum atomic E-state index is -0.621.